The molecule has 0 fully saturated rings. The summed E-state index contributed by atoms with van der Waals surface area (Å²) in [6.45, 7) is 2.74. The summed E-state index contributed by atoms with van der Waals surface area (Å²) in [7, 11) is 0. The molecule has 0 aliphatic rings. The van der Waals surface area contributed by atoms with Crippen LogP contribution in [-0.4, -0.2) is 24.9 Å². The van der Waals surface area contributed by atoms with Crippen LogP contribution < -0.4 is 9.47 Å². The second-order valence-corrected chi connectivity index (χ2v) is 7.97. The van der Waals surface area contributed by atoms with Gasteiger partial charge in [0.2, 0.25) is 0 Å². The molecule has 0 heterocycles. The minimum Gasteiger partial charge on any atom is -0.493 e. The average Bonchev–Trinajstić information content (AvgIpc) is 2.87. The maximum atomic E-state index is 9.42. The smallest absolute Gasteiger partial charge is 0.128 e. The van der Waals surface area contributed by atoms with E-state index in [1.54, 1.807) is 0 Å². The van der Waals surface area contributed by atoms with Crippen molar-refractivity contribution in [2.75, 3.05) is 19.8 Å². The van der Waals surface area contributed by atoms with Gasteiger partial charge in [-0.05, 0) is 63.9 Å². The number of rotatable bonds is 7. The van der Waals surface area contributed by atoms with Crippen LogP contribution >= 0.6 is 0 Å². The van der Waals surface area contributed by atoms with Crippen molar-refractivity contribution in [3.05, 3.63) is 97.1 Å². The lowest BCUT2D eigenvalue weighted by Crippen LogP contribution is -2.04. The van der Waals surface area contributed by atoms with Crippen LogP contribution in [0.15, 0.2) is 97.1 Å². The van der Waals surface area contributed by atoms with Gasteiger partial charge in [0.05, 0.1) is 13.2 Å². The van der Waals surface area contributed by atoms with E-state index < -0.39 is 0 Å². The number of aliphatic hydroxyl groups excluding tert-OH is 1. The third-order valence-corrected chi connectivity index (χ3v) is 5.85. The summed E-state index contributed by atoms with van der Waals surface area (Å²) in [4.78, 5) is 0. The first-order chi connectivity index (χ1) is 16.3. The maximum absolute atomic E-state index is 9.42. The van der Waals surface area contributed by atoms with Crippen molar-refractivity contribution in [1.29, 1.82) is 0 Å². The van der Waals surface area contributed by atoms with Gasteiger partial charge in [-0.25, -0.2) is 0 Å². The maximum Gasteiger partial charge on any atom is 0.128 e. The average molecular weight is 435 g/mol. The topological polar surface area (TPSA) is 38.7 Å². The number of fused-ring (bicyclic) bond motifs is 2. The number of aliphatic hydroxyl groups is 1. The lowest BCUT2D eigenvalue weighted by Gasteiger charge is -2.18. The fourth-order valence-corrected chi connectivity index (χ4v) is 4.27. The van der Waals surface area contributed by atoms with Gasteiger partial charge in [-0.3, -0.25) is 0 Å². The Morgan fingerprint density at radius 2 is 1.06 bits per heavy atom. The van der Waals surface area contributed by atoms with Crippen LogP contribution in [0, 0.1) is 0 Å². The summed E-state index contributed by atoms with van der Waals surface area (Å²) in [5.41, 5.74) is 4.03. The zero-order chi connectivity index (χ0) is 22.6. The van der Waals surface area contributed by atoms with Crippen LogP contribution in [0.4, 0.5) is 0 Å². The standard InChI is InChI=1S/C30H26O3/c1-2-32-29-19-28(26-14-12-22-8-4-6-10-24(22)18-26)30(33-16-15-31)20-27(29)25-13-11-21-7-3-5-9-23(21)17-25/h3-14,17-20,31H,2,15-16H2,1H3. The molecule has 5 aromatic carbocycles. The Bertz CT molecular complexity index is 1420. The molecular weight excluding hydrogens is 408 g/mol. The Morgan fingerprint density at radius 1 is 0.576 bits per heavy atom. The molecule has 5 rings (SSSR count). The molecule has 0 saturated heterocycles. The summed E-state index contributed by atoms with van der Waals surface area (Å²) in [5, 5.41) is 14.2. The molecule has 0 atom stereocenters. The molecule has 1 N–H and O–H groups in total. The van der Waals surface area contributed by atoms with Gasteiger partial charge in [0, 0.05) is 11.1 Å². The summed E-state index contributed by atoms with van der Waals surface area (Å²) in [6.07, 6.45) is 0. The van der Waals surface area contributed by atoms with Crippen molar-refractivity contribution in [3.8, 4) is 33.8 Å². The second kappa shape index (κ2) is 9.35. The van der Waals surface area contributed by atoms with Gasteiger partial charge in [-0.2, -0.15) is 0 Å². The van der Waals surface area contributed by atoms with Gasteiger partial charge in [-0.1, -0.05) is 72.8 Å². The van der Waals surface area contributed by atoms with E-state index >= 15 is 0 Å². The first kappa shape index (κ1) is 21.0. The largest absolute Gasteiger partial charge is 0.493 e. The van der Waals surface area contributed by atoms with Crippen molar-refractivity contribution in [3.63, 3.8) is 0 Å². The van der Waals surface area contributed by atoms with Crippen LogP contribution in [0.3, 0.4) is 0 Å². The zero-order valence-electron chi connectivity index (χ0n) is 18.6. The van der Waals surface area contributed by atoms with Crippen LogP contribution in [-0.2, 0) is 0 Å². The van der Waals surface area contributed by atoms with Crippen molar-refractivity contribution >= 4 is 21.5 Å². The van der Waals surface area contributed by atoms with E-state index in [2.05, 4.69) is 66.7 Å². The van der Waals surface area contributed by atoms with Gasteiger partial charge in [0.1, 0.15) is 18.1 Å². The lowest BCUT2D eigenvalue weighted by molar-refractivity contribution is 0.202. The highest BCUT2D eigenvalue weighted by atomic mass is 16.5. The summed E-state index contributed by atoms with van der Waals surface area (Å²) < 4.78 is 12.1. The Balaban J connectivity index is 1.69. The zero-order valence-corrected chi connectivity index (χ0v) is 18.6. The predicted molar refractivity (Wildman–Crippen MR) is 136 cm³/mol. The van der Waals surface area contributed by atoms with Crippen LogP contribution in [0.5, 0.6) is 11.5 Å². The molecule has 33 heavy (non-hydrogen) atoms. The highest BCUT2D eigenvalue weighted by Gasteiger charge is 2.16. The van der Waals surface area contributed by atoms with Gasteiger partial charge in [-0.15, -0.1) is 0 Å². The fraction of sp³-hybridized carbons (Fsp3) is 0.133. The number of hydrogen-bond acceptors (Lipinski definition) is 3. The van der Waals surface area contributed by atoms with Gasteiger partial charge in [0.15, 0.2) is 0 Å². The number of hydrogen-bond donors (Lipinski definition) is 1. The summed E-state index contributed by atoms with van der Waals surface area (Å²) in [5.74, 6) is 1.54. The molecule has 0 saturated carbocycles. The van der Waals surface area contributed by atoms with E-state index in [0.29, 0.717) is 6.61 Å². The van der Waals surface area contributed by atoms with Crippen molar-refractivity contribution in [2.24, 2.45) is 0 Å². The quantitative estimate of drug-likeness (QED) is 0.297. The SMILES string of the molecule is CCOc1cc(-c2ccc3ccccc3c2)c(OCCO)cc1-c1ccc2ccccc2c1. The molecule has 0 amide bonds. The van der Waals surface area contributed by atoms with Gasteiger partial charge in [0.25, 0.3) is 0 Å². The lowest BCUT2D eigenvalue weighted by atomic mass is 9.95. The molecule has 0 aliphatic heterocycles. The Kier molecular flexibility index (Phi) is 5.97. The van der Waals surface area contributed by atoms with E-state index in [1.165, 1.54) is 21.5 Å². The van der Waals surface area contributed by atoms with Crippen LogP contribution in [0.1, 0.15) is 6.92 Å². The highest BCUT2D eigenvalue weighted by Crippen LogP contribution is 2.42. The molecule has 3 nitrogen and oxygen atoms in total. The van der Waals surface area contributed by atoms with E-state index in [9.17, 15) is 5.11 Å². The minimum atomic E-state index is -0.0460. The molecule has 5 aromatic rings. The Morgan fingerprint density at radius 3 is 1.55 bits per heavy atom. The second-order valence-electron chi connectivity index (χ2n) is 7.97. The molecular formula is C30H26O3. The molecule has 0 bridgehead atoms. The molecule has 0 unspecified atom stereocenters. The summed E-state index contributed by atoms with van der Waals surface area (Å²) >= 11 is 0. The number of benzene rings is 5. The Hall–Kier alpha value is -3.82. The monoisotopic (exact) mass is 434 g/mol. The molecule has 0 spiro atoms. The minimum absolute atomic E-state index is 0.0460. The van der Waals surface area contributed by atoms with E-state index in [-0.39, 0.29) is 13.2 Å². The third-order valence-electron chi connectivity index (χ3n) is 5.85. The van der Waals surface area contributed by atoms with Crippen LogP contribution in [0.25, 0.3) is 43.8 Å². The third kappa shape index (κ3) is 4.28. The van der Waals surface area contributed by atoms with Gasteiger partial charge >= 0.3 is 0 Å². The Labute approximate surface area is 193 Å². The predicted octanol–water partition coefficient (Wildman–Crippen LogP) is 7.10. The molecule has 0 aromatic heterocycles. The van der Waals surface area contributed by atoms with Crippen LogP contribution in [0.2, 0.25) is 0 Å². The highest BCUT2D eigenvalue weighted by molar-refractivity contribution is 5.92. The first-order valence-electron chi connectivity index (χ1n) is 11.3. The van der Waals surface area contributed by atoms with E-state index in [4.69, 9.17) is 9.47 Å². The first-order valence-corrected chi connectivity index (χ1v) is 11.3. The normalized spacial score (nSPS) is 11.1. The molecule has 0 aliphatic carbocycles. The van der Waals surface area contributed by atoms with Gasteiger partial charge < -0.3 is 14.6 Å². The number of ether oxygens (including phenoxy) is 2. The molecule has 3 heteroatoms. The molecule has 0 radical (unpaired) electrons. The van der Waals surface area contributed by atoms with E-state index in [0.717, 1.165) is 33.8 Å². The van der Waals surface area contributed by atoms with Crippen molar-refractivity contribution < 1.29 is 14.6 Å². The van der Waals surface area contributed by atoms with Crippen molar-refractivity contribution in [1.82, 2.24) is 0 Å². The van der Waals surface area contributed by atoms with E-state index in [1.807, 2.05) is 37.3 Å². The van der Waals surface area contributed by atoms with Crippen molar-refractivity contribution in [2.45, 2.75) is 6.92 Å². The fourth-order valence-electron chi connectivity index (χ4n) is 4.27. The summed E-state index contributed by atoms with van der Waals surface area (Å²) in [6, 6.07) is 33.6. The molecule has 164 valence electrons.